The maximum absolute atomic E-state index is 13.9. The smallest absolute Gasteiger partial charge is 0.264 e. The number of nitrogens with one attached hydrogen (secondary N) is 2. The summed E-state index contributed by atoms with van der Waals surface area (Å²) in [4.78, 5) is 23.1. The molecule has 4 aromatic heterocycles. The molecule has 0 unspecified atom stereocenters. The van der Waals surface area contributed by atoms with Crippen LogP contribution in [0, 0.1) is 12.7 Å². The molecule has 0 bridgehead atoms. The molecule has 34 heavy (non-hydrogen) atoms. The highest BCUT2D eigenvalue weighted by molar-refractivity contribution is 5.83. The number of fused-ring (bicyclic) bond motifs is 1. The van der Waals surface area contributed by atoms with Gasteiger partial charge in [-0.3, -0.25) is 14.5 Å². The van der Waals surface area contributed by atoms with Gasteiger partial charge in [-0.25, -0.2) is 14.4 Å². The molecule has 12 nitrogen and oxygen atoms in total. The summed E-state index contributed by atoms with van der Waals surface area (Å²) < 4.78 is 15.4. The van der Waals surface area contributed by atoms with Crippen molar-refractivity contribution in [3.63, 3.8) is 0 Å². The average molecular weight is 461 g/mol. The molecular formula is C21H20FN11O. The molecule has 0 saturated heterocycles. The lowest BCUT2D eigenvalue weighted by Crippen LogP contribution is -2.26. The van der Waals surface area contributed by atoms with Gasteiger partial charge in [-0.05, 0) is 42.6 Å². The van der Waals surface area contributed by atoms with Gasteiger partial charge < -0.3 is 11.1 Å². The number of nitrogens with zero attached hydrogens (tertiary/aromatic N) is 8. The summed E-state index contributed by atoms with van der Waals surface area (Å²) in [6.07, 6.45) is 1.32. The third kappa shape index (κ3) is 3.62. The van der Waals surface area contributed by atoms with Crippen molar-refractivity contribution in [3.8, 4) is 17.2 Å². The van der Waals surface area contributed by atoms with Gasteiger partial charge in [0, 0.05) is 11.8 Å². The number of tetrazole rings is 1. The molecule has 4 N–H and O–H groups in total. The Kier molecular flexibility index (Phi) is 5.00. The Morgan fingerprint density at radius 3 is 2.74 bits per heavy atom. The Morgan fingerprint density at radius 2 is 2.03 bits per heavy atom. The van der Waals surface area contributed by atoms with E-state index in [0.29, 0.717) is 28.3 Å². The summed E-state index contributed by atoms with van der Waals surface area (Å²) in [5.74, 6) is 0.683. The first kappa shape index (κ1) is 21.2. The minimum absolute atomic E-state index is 0.173. The minimum atomic E-state index is -0.495. The number of anilines is 2. The van der Waals surface area contributed by atoms with Gasteiger partial charge in [0.1, 0.15) is 29.3 Å². The highest BCUT2D eigenvalue weighted by Crippen LogP contribution is 2.31. The minimum Gasteiger partial charge on any atom is -0.383 e. The predicted molar refractivity (Wildman–Crippen MR) is 123 cm³/mol. The molecule has 0 aliphatic carbocycles. The summed E-state index contributed by atoms with van der Waals surface area (Å²) in [6.45, 7) is 3.68. The van der Waals surface area contributed by atoms with E-state index in [1.165, 1.54) is 27.8 Å². The molecule has 0 aliphatic rings. The number of aromatic amines is 1. The summed E-state index contributed by atoms with van der Waals surface area (Å²) in [7, 11) is 1.63. The fraction of sp³-hybridized carbons (Fsp3) is 0.190. The monoisotopic (exact) mass is 461 g/mol. The van der Waals surface area contributed by atoms with Crippen LogP contribution in [0.4, 0.5) is 16.0 Å². The quantitative estimate of drug-likeness (QED) is 0.355. The van der Waals surface area contributed by atoms with Crippen LogP contribution in [-0.2, 0) is 7.05 Å². The lowest BCUT2D eigenvalue weighted by molar-refractivity contribution is 0.629. The van der Waals surface area contributed by atoms with Crippen molar-refractivity contribution >= 4 is 22.4 Å². The standard InChI is InChI=1S/C21H20FN11O/c1-10-6-16(28-27-10)33-15(7-12-4-5-13(22)8-14(12)21(33)34)11(2)26-19-17(18(23)24-9-25-19)20-29-31-32(3)30-20/h4-9,11H,1-3H3,(H,27,28)(H3,23,24,25,26)/t11-/m0/s1. The van der Waals surface area contributed by atoms with Crippen LogP contribution < -0.4 is 16.6 Å². The number of rotatable bonds is 5. The van der Waals surface area contributed by atoms with E-state index in [1.54, 1.807) is 19.2 Å². The van der Waals surface area contributed by atoms with Crippen LogP contribution >= 0.6 is 0 Å². The Labute approximate surface area is 191 Å². The number of hydrogen-bond donors (Lipinski definition) is 3. The van der Waals surface area contributed by atoms with Crippen molar-refractivity contribution in [3.05, 3.63) is 64.2 Å². The maximum atomic E-state index is 13.9. The number of H-pyrrole nitrogens is 1. The second-order valence-corrected chi connectivity index (χ2v) is 7.80. The third-order valence-electron chi connectivity index (χ3n) is 5.34. The zero-order valence-corrected chi connectivity index (χ0v) is 18.5. The molecule has 0 fully saturated rings. The second kappa shape index (κ2) is 8.03. The fourth-order valence-electron chi connectivity index (χ4n) is 3.77. The first-order chi connectivity index (χ1) is 16.3. The summed E-state index contributed by atoms with van der Waals surface area (Å²) in [5, 5.41) is 23.3. The van der Waals surface area contributed by atoms with Gasteiger partial charge in [0.25, 0.3) is 5.56 Å². The number of nitrogen functional groups attached to an aromatic ring is 1. The third-order valence-corrected chi connectivity index (χ3v) is 5.34. The molecule has 0 amide bonds. The van der Waals surface area contributed by atoms with Crippen LogP contribution in [0.5, 0.6) is 0 Å². The van der Waals surface area contributed by atoms with E-state index in [2.05, 4.69) is 40.9 Å². The number of benzene rings is 1. The van der Waals surface area contributed by atoms with E-state index in [4.69, 9.17) is 5.73 Å². The zero-order valence-electron chi connectivity index (χ0n) is 18.5. The molecule has 1 aromatic carbocycles. The normalized spacial score (nSPS) is 12.2. The van der Waals surface area contributed by atoms with Gasteiger partial charge in [-0.15, -0.1) is 10.2 Å². The Bertz CT molecular complexity index is 1590. The van der Waals surface area contributed by atoms with Crippen LogP contribution in [0.3, 0.4) is 0 Å². The second-order valence-electron chi connectivity index (χ2n) is 7.80. The lowest BCUT2D eigenvalue weighted by atomic mass is 10.1. The van der Waals surface area contributed by atoms with Gasteiger partial charge in [-0.2, -0.15) is 9.90 Å². The van der Waals surface area contributed by atoms with Crippen LogP contribution in [-0.4, -0.2) is 44.9 Å². The molecule has 0 radical (unpaired) electrons. The molecule has 0 spiro atoms. The molecule has 0 aliphatic heterocycles. The first-order valence-electron chi connectivity index (χ1n) is 10.3. The van der Waals surface area contributed by atoms with Crippen LogP contribution in [0.2, 0.25) is 0 Å². The summed E-state index contributed by atoms with van der Waals surface area (Å²) >= 11 is 0. The zero-order chi connectivity index (χ0) is 24.0. The van der Waals surface area contributed by atoms with Crippen LogP contribution in [0.1, 0.15) is 24.4 Å². The van der Waals surface area contributed by atoms with Gasteiger partial charge in [-0.1, -0.05) is 6.07 Å². The first-order valence-corrected chi connectivity index (χ1v) is 10.3. The molecule has 172 valence electrons. The van der Waals surface area contributed by atoms with Crippen molar-refractivity contribution in [2.75, 3.05) is 11.1 Å². The van der Waals surface area contributed by atoms with Crippen molar-refractivity contribution in [1.82, 2.24) is 44.9 Å². The van der Waals surface area contributed by atoms with Gasteiger partial charge in [0.15, 0.2) is 5.82 Å². The number of pyridine rings is 1. The molecule has 0 saturated carbocycles. The van der Waals surface area contributed by atoms with E-state index in [1.807, 2.05) is 19.9 Å². The fourth-order valence-corrected chi connectivity index (χ4v) is 3.77. The average Bonchev–Trinajstić information content (AvgIpc) is 3.42. The van der Waals surface area contributed by atoms with Crippen LogP contribution in [0.15, 0.2) is 41.5 Å². The number of aryl methyl sites for hydroxylation is 2. The van der Waals surface area contributed by atoms with Crippen molar-refractivity contribution in [1.29, 1.82) is 0 Å². The number of nitrogens with two attached hydrogens (primary N) is 1. The predicted octanol–water partition coefficient (Wildman–Crippen LogP) is 1.90. The molecule has 1 atom stereocenters. The summed E-state index contributed by atoms with van der Waals surface area (Å²) in [5.41, 5.74) is 7.43. The number of hydrogen-bond acceptors (Lipinski definition) is 9. The summed E-state index contributed by atoms with van der Waals surface area (Å²) in [6, 6.07) is 7.18. The molecular weight excluding hydrogens is 441 g/mol. The topological polar surface area (TPSA) is 158 Å². The van der Waals surface area contributed by atoms with Crippen LogP contribution in [0.25, 0.3) is 28.0 Å². The Balaban J connectivity index is 1.66. The van der Waals surface area contributed by atoms with Gasteiger partial charge >= 0.3 is 0 Å². The van der Waals surface area contributed by atoms with Crippen molar-refractivity contribution in [2.45, 2.75) is 19.9 Å². The highest BCUT2D eigenvalue weighted by Gasteiger charge is 2.22. The SMILES string of the molecule is Cc1cc(-n2c([C@H](C)Nc3ncnc(N)c3-c3nnn(C)n3)cc3ccc(F)cc3c2=O)n[nH]1. The van der Waals surface area contributed by atoms with E-state index in [9.17, 15) is 9.18 Å². The molecule has 13 heteroatoms. The van der Waals surface area contributed by atoms with Crippen molar-refractivity contribution < 1.29 is 4.39 Å². The molecule has 5 rings (SSSR count). The van der Waals surface area contributed by atoms with Crippen molar-refractivity contribution in [2.24, 2.45) is 7.05 Å². The maximum Gasteiger partial charge on any atom is 0.264 e. The highest BCUT2D eigenvalue weighted by atomic mass is 19.1. The van der Waals surface area contributed by atoms with E-state index >= 15 is 0 Å². The van der Waals surface area contributed by atoms with E-state index in [-0.39, 0.29) is 17.0 Å². The molecule has 5 aromatic rings. The largest absolute Gasteiger partial charge is 0.383 e. The lowest BCUT2D eigenvalue weighted by Gasteiger charge is -2.21. The van der Waals surface area contributed by atoms with E-state index in [0.717, 1.165) is 5.69 Å². The van der Waals surface area contributed by atoms with Gasteiger partial charge in [0.05, 0.1) is 24.2 Å². The van der Waals surface area contributed by atoms with E-state index < -0.39 is 17.4 Å². The number of halogens is 1. The Hall–Kier alpha value is -4.68. The van der Waals surface area contributed by atoms with Gasteiger partial charge in [0.2, 0.25) is 5.82 Å². The molecule has 4 heterocycles. The Morgan fingerprint density at radius 1 is 1.21 bits per heavy atom. The number of aromatic nitrogens is 9.